The third-order valence-corrected chi connectivity index (χ3v) is 4.88. The number of nitrogens with one attached hydrogen (secondary N) is 1. The molecule has 1 saturated heterocycles. The fourth-order valence-electron chi connectivity index (χ4n) is 3.74. The summed E-state index contributed by atoms with van der Waals surface area (Å²) in [5.41, 5.74) is 1.15. The first kappa shape index (κ1) is 14.6. The van der Waals surface area contributed by atoms with Gasteiger partial charge < -0.3 is 14.6 Å². The number of H-pyrrole nitrogens is 1. The van der Waals surface area contributed by atoms with Gasteiger partial charge in [0.05, 0.1) is 12.1 Å². The molecule has 1 aliphatic carbocycles. The van der Waals surface area contributed by atoms with Crippen molar-refractivity contribution in [3.63, 3.8) is 0 Å². The van der Waals surface area contributed by atoms with E-state index in [0.29, 0.717) is 0 Å². The van der Waals surface area contributed by atoms with E-state index in [0.717, 1.165) is 43.8 Å². The molecule has 0 radical (unpaired) electrons. The molecule has 0 spiro atoms. The summed E-state index contributed by atoms with van der Waals surface area (Å²) in [7, 11) is 0. The molecule has 1 aliphatic heterocycles. The lowest BCUT2D eigenvalue weighted by atomic mass is 9.89. The molecule has 1 aromatic rings. The molecule has 0 bridgehead atoms. The molecule has 4 heteroatoms. The molecule has 3 atom stereocenters. The van der Waals surface area contributed by atoms with Crippen LogP contribution in [-0.2, 0) is 9.53 Å². The van der Waals surface area contributed by atoms with Crippen molar-refractivity contribution in [1.82, 2.24) is 9.88 Å². The van der Waals surface area contributed by atoms with Crippen LogP contribution >= 0.6 is 0 Å². The predicted octanol–water partition coefficient (Wildman–Crippen LogP) is 3.27. The first-order chi connectivity index (χ1) is 10.2. The van der Waals surface area contributed by atoms with Crippen molar-refractivity contribution in [3.8, 4) is 0 Å². The van der Waals surface area contributed by atoms with Crippen LogP contribution in [0.25, 0.3) is 0 Å². The molecule has 0 aromatic carbocycles. The normalized spacial score (nSPS) is 29.8. The van der Waals surface area contributed by atoms with Gasteiger partial charge in [-0.05, 0) is 43.7 Å². The molecule has 3 rings (SSSR count). The van der Waals surface area contributed by atoms with E-state index in [1.807, 2.05) is 17.2 Å². The quantitative estimate of drug-likeness (QED) is 0.925. The average molecular weight is 290 g/mol. The lowest BCUT2D eigenvalue weighted by Gasteiger charge is -2.28. The first-order valence-corrected chi connectivity index (χ1v) is 8.28. The Morgan fingerprint density at radius 2 is 2.29 bits per heavy atom. The highest BCUT2D eigenvalue weighted by Gasteiger charge is 2.31. The summed E-state index contributed by atoms with van der Waals surface area (Å²) < 4.78 is 5.89. The van der Waals surface area contributed by atoms with E-state index < -0.39 is 0 Å². The van der Waals surface area contributed by atoms with Gasteiger partial charge in [0.1, 0.15) is 6.61 Å². The Bertz CT molecular complexity index is 457. The third-order valence-electron chi connectivity index (χ3n) is 4.88. The van der Waals surface area contributed by atoms with E-state index in [4.69, 9.17) is 4.74 Å². The van der Waals surface area contributed by atoms with Crippen molar-refractivity contribution >= 4 is 5.91 Å². The highest BCUT2D eigenvalue weighted by Crippen LogP contribution is 2.31. The van der Waals surface area contributed by atoms with Gasteiger partial charge in [-0.25, -0.2) is 0 Å². The molecule has 2 fully saturated rings. The van der Waals surface area contributed by atoms with Gasteiger partial charge in [0.25, 0.3) is 0 Å². The van der Waals surface area contributed by atoms with E-state index in [2.05, 4.69) is 18.0 Å². The Hall–Kier alpha value is -1.29. The molecule has 1 N–H and O–H groups in total. The van der Waals surface area contributed by atoms with E-state index in [9.17, 15) is 4.79 Å². The second kappa shape index (κ2) is 6.65. The van der Waals surface area contributed by atoms with Crippen LogP contribution in [0.15, 0.2) is 18.3 Å². The highest BCUT2D eigenvalue weighted by molar-refractivity contribution is 5.78. The molecule has 2 aliphatic rings. The van der Waals surface area contributed by atoms with Crippen molar-refractivity contribution in [3.05, 3.63) is 24.0 Å². The maximum absolute atomic E-state index is 12.5. The van der Waals surface area contributed by atoms with Crippen LogP contribution < -0.4 is 0 Å². The zero-order valence-corrected chi connectivity index (χ0v) is 12.9. The average Bonchev–Trinajstić information content (AvgIpc) is 3.14. The van der Waals surface area contributed by atoms with Crippen LogP contribution in [0.5, 0.6) is 0 Å². The van der Waals surface area contributed by atoms with Crippen molar-refractivity contribution in [2.75, 3.05) is 13.2 Å². The lowest BCUT2D eigenvalue weighted by Crippen LogP contribution is -2.35. The second-order valence-electron chi connectivity index (χ2n) is 6.58. The van der Waals surface area contributed by atoms with Gasteiger partial charge in [0.2, 0.25) is 5.91 Å². The van der Waals surface area contributed by atoms with Crippen LogP contribution in [0.2, 0.25) is 0 Å². The summed E-state index contributed by atoms with van der Waals surface area (Å²) in [4.78, 5) is 17.7. The number of ether oxygens (including phenoxy) is 1. The van der Waals surface area contributed by atoms with Crippen molar-refractivity contribution < 1.29 is 9.53 Å². The van der Waals surface area contributed by atoms with Gasteiger partial charge in [0, 0.05) is 18.4 Å². The maximum atomic E-state index is 12.5. The van der Waals surface area contributed by atoms with Crippen LogP contribution in [-0.4, -0.2) is 35.0 Å². The van der Waals surface area contributed by atoms with Gasteiger partial charge in [0.15, 0.2) is 0 Å². The Kier molecular flexibility index (Phi) is 4.63. The predicted molar refractivity (Wildman–Crippen MR) is 81.9 cm³/mol. The smallest absolute Gasteiger partial charge is 0.249 e. The first-order valence-electron chi connectivity index (χ1n) is 8.28. The van der Waals surface area contributed by atoms with E-state index >= 15 is 0 Å². The number of rotatable bonds is 4. The summed E-state index contributed by atoms with van der Waals surface area (Å²) in [6.07, 6.45) is 9.08. The lowest BCUT2D eigenvalue weighted by molar-refractivity contribution is -0.140. The van der Waals surface area contributed by atoms with Crippen LogP contribution in [0, 0.1) is 5.92 Å². The van der Waals surface area contributed by atoms with Crippen molar-refractivity contribution in [1.29, 1.82) is 0 Å². The number of hydrogen-bond donors (Lipinski definition) is 1. The molecular formula is C17H26N2O2. The molecule has 2 heterocycles. The monoisotopic (exact) mass is 290 g/mol. The Labute approximate surface area is 126 Å². The van der Waals surface area contributed by atoms with Gasteiger partial charge in [-0.3, -0.25) is 4.79 Å². The summed E-state index contributed by atoms with van der Waals surface area (Å²) >= 11 is 0. The number of carbonyl (C=O) groups excluding carboxylic acids is 1. The summed E-state index contributed by atoms with van der Waals surface area (Å²) in [6, 6.07) is 4.28. The molecule has 4 nitrogen and oxygen atoms in total. The van der Waals surface area contributed by atoms with E-state index in [1.165, 1.54) is 12.8 Å². The van der Waals surface area contributed by atoms with Gasteiger partial charge >= 0.3 is 0 Å². The molecule has 21 heavy (non-hydrogen) atoms. The van der Waals surface area contributed by atoms with Gasteiger partial charge in [-0.15, -0.1) is 0 Å². The third kappa shape index (κ3) is 3.49. The Balaban J connectivity index is 1.52. The molecule has 116 valence electrons. The maximum Gasteiger partial charge on any atom is 0.249 e. The Morgan fingerprint density at radius 3 is 3.05 bits per heavy atom. The molecule has 1 aromatic heterocycles. The zero-order valence-electron chi connectivity index (χ0n) is 12.9. The standard InChI is InChI=1S/C17H26N2O2/c1-13-5-2-6-14(11-13)21-12-17(20)19-10-4-8-16(19)15-7-3-9-18-15/h3,7,9,13-14,16,18H,2,4-6,8,10-12H2,1H3/t13-,14+,16-/m1/s1. The van der Waals surface area contributed by atoms with Crippen LogP contribution in [0.1, 0.15) is 57.2 Å². The minimum atomic E-state index is 0.144. The van der Waals surface area contributed by atoms with E-state index in [1.54, 1.807) is 0 Å². The SMILES string of the molecule is C[C@@H]1CCC[C@H](OCC(=O)N2CCC[C@@H]2c2ccc[nH]2)C1. The van der Waals surface area contributed by atoms with Crippen molar-refractivity contribution in [2.24, 2.45) is 5.92 Å². The molecular weight excluding hydrogens is 264 g/mol. The second-order valence-corrected chi connectivity index (χ2v) is 6.58. The van der Waals surface area contributed by atoms with Crippen molar-refractivity contribution in [2.45, 2.75) is 57.6 Å². The zero-order chi connectivity index (χ0) is 14.7. The fourth-order valence-corrected chi connectivity index (χ4v) is 3.74. The fraction of sp³-hybridized carbons (Fsp3) is 0.706. The number of likely N-dealkylation sites (tertiary alicyclic amines) is 1. The summed E-state index contributed by atoms with van der Waals surface area (Å²) in [6.45, 7) is 3.38. The minimum Gasteiger partial charge on any atom is -0.368 e. The topological polar surface area (TPSA) is 45.3 Å². The molecule has 1 amide bonds. The number of aromatic amines is 1. The highest BCUT2D eigenvalue weighted by atomic mass is 16.5. The summed E-state index contributed by atoms with van der Waals surface area (Å²) in [5, 5.41) is 0. The minimum absolute atomic E-state index is 0.144. The van der Waals surface area contributed by atoms with Gasteiger partial charge in [-0.2, -0.15) is 0 Å². The Morgan fingerprint density at radius 1 is 1.38 bits per heavy atom. The van der Waals surface area contributed by atoms with Crippen LogP contribution in [0.4, 0.5) is 0 Å². The van der Waals surface area contributed by atoms with E-state index in [-0.39, 0.29) is 24.7 Å². The number of aromatic nitrogens is 1. The number of amides is 1. The largest absolute Gasteiger partial charge is 0.368 e. The number of nitrogens with zero attached hydrogens (tertiary/aromatic N) is 1. The summed E-state index contributed by atoms with van der Waals surface area (Å²) in [5.74, 6) is 0.877. The molecule has 1 saturated carbocycles. The number of hydrogen-bond acceptors (Lipinski definition) is 2. The van der Waals surface area contributed by atoms with Gasteiger partial charge in [-0.1, -0.05) is 19.8 Å². The molecule has 0 unspecified atom stereocenters. The van der Waals surface area contributed by atoms with Crippen LogP contribution in [0.3, 0.4) is 0 Å². The number of carbonyl (C=O) groups is 1.